The van der Waals surface area contributed by atoms with E-state index in [-0.39, 0.29) is 11.9 Å². The third-order valence-electron chi connectivity index (χ3n) is 4.96. The van der Waals surface area contributed by atoms with Gasteiger partial charge in [-0.15, -0.1) is 0 Å². The minimum absolute atomic E-state index is 0.0411. The van der Waals surface area contributed by atoms with E-state index in [1.807, 2.05) is 17.2 Å². The first kappa shape index (κ1) is 17.8. The highest BCUT2D eigenvalue weighted by molar-refractivity contribution is 6.03. The molecule has 2 heterocycles. The molecule has 25 heavy (non-hydrogen) atoms. The summed E-state index contributed by atoms with van der Waals surface area (Å²) in [6, 6.07) is 3.74. The normalized spacial score (nSPS) is 18.7. The summed E-state index contributed by atoms with van der Waals surface area (Å²) in [6.45, 7) is 3.67. The molecule has 1 saturated heterocycles. The van der Waals surface area contributed by atoms with E-state index in [1.54, 1.807) is 13.2 Å². The molecule has 1 aromatic rings. The Bertz CT molecular complexity index is 642. The molecule has 1 fully saturated rings. The fourth-order valence-electron chi connectivity index (χ4n) is 3.51. The lowest BCUT2D eigenvalue weighted by molar-refractivity contribution is 0.0774. The van der Waals surface area contributed by atoms with Gasteiger partial charge in [-0.1, -0.05) is 32.6 Å². The maximum atomic E-state index is 12.8. The number of aliphatic imine (C=N–C) groups is 1. The van der Waals surface area contributed by atoms with E-state index in [0.29, 0.717) is 29.4 Å². The van der Waals surface area contributed by atoms with Gasteiger partial charge in [0.05, 0.1) is 31.0 Å². The Hall–Kier alpha value is -2.04. The highest BCUT2D eigenvalue weighted by Crippen LogP contribution is 2.38. The molecular formula is C20H28N2O3. The maximum absolute atomic E-state index is 12.8. The molecule has 1 aromatic carbocycles. The van der Waals surface area contributed by atoms with Crippen LogP contribution in [0.5, 0.6) is 11.5 Å². The Labute approximate surface area is 150 Å². The predicted molar refractivity (Wildman–Crippen MR) is 99.5 cm³/mol. The Morgan fingerprint density at radius 2 is 2.04 bits per heavy atom. The van der Waals surface area contributed by atoms with Crippen LogP contribution in [0.3, 0.4) is 0 Å². The van der Waals surface area contributed by atoms with Gasteiger partial charge in [-0.2, -0.15) is 0 Å². The molecule has 0 spiro atoms. The van der Waals surface area contributed by atoms with Gasteiger partial charge in [-0.25, -0.2) is 0 Å². The van der Waals surface area contributed by atoms with Crippen molar-refractivity contribution in [3.63, 3.8) is 0 Å². The smallest absolute Gasteiger partial charge is 0.256 e. The van der Waals surface area contributed by atoms with Crippen LogP contribution in [-0.4, -0.2) is 43.3 Å². The number of hydrogen-bond donors (Lipinski definition) is 0. The summed E-state index contributed by atoms with van der Waals surface area (Å²) in [5.74, 6) is 1.32. The molecule has 0 aliphatic carbocycles. The fourth-order valence-corrected chi connectivity index (χ4v) is 3.51. The van der Waals surface area contributed by atoms with Crippen LogP contribution in [0.1, 0.15) is 62.2 Å². The zero-order valence-corrected chi connectivity index (χ0v) is 15.3. The number of carbonyl (C=O) groups is 1. The van der Waals surface area contributed by atoms with E-state index in [2.05, 4.69) is 11.9 Å². The van der Waals surface area contributed by atoms with Crippen molar-refractivity contribution in [3.8, 4) is 11.5 Å². The number of rotatable bonds is 8. The number of methoxy groups -OCH3 is 1. The Morgan fingerprint density at radius 1 is 1.20 bits per heavy atom. The minimum Gasteiger partial charge on any atom is -0.493 e. The number of benzene rings is 1. The summed E-state index contributed by atoms with van der Waals surface area (Å²) in [5.41, 5.74) is 1.29. The second-order valence-electron chi connectivity index (χ2n) is 6.77. The monoisotopic (exact) mass is 344 g/mol. The molecule has 5 nitrogen and oxygen atoms in total. The van der Waals surface area contributed by atoms with Crippen LogP contribution < -0.4 is 9.47 Å². The summed E-state index contributed by atoms with van der Waals surface area (Å²) >= 11 is 0. The molecule has 2 aliphatic rings. The Kier molecular flexibility index (Phi) is 5.95. The molecule has 136 valence electrons. The largest absolute Gasteiger partial charge is 0.493 e. The molecular weight excluding hydrogens is 316 g/mol. The van der Waals surface area contributed by atoms with Gasteiger partial charge in [0.25, 0.3) is 5.91 Å². The average molecular weight is 344 g/mol. The molecule has 0 unspecified atom stereocenters. The van der Waals surface area contributed by atoms with Crippen LogP contribution in [0, 0.1) is 0 Å². The number of hydrogen-bond acceptors (Lipinski definition) is 4. The molecule has 0 bridgehead atoms. The average Bonchev–Trinajstić information content (AvgIpc) is 3.06. The van der Waals surface area contributed by atoms with Gasteiger partial charge in [0, 0.05) is 18.8 Å². The van der Waals surface area contributed by atoms with Crippen molar-refractivity contribution in [2.75, 3.05) is 20.3 Å². The standard InChI is InChI=1S/C20H28N2O3/c1-3-4-5-6-7-11-25-19-13-17-16(12-18(19)24-2)20(23)22-10-8-9-15(22)14-21-17/h12-15H,3-11H2,1-2H3/t15-/m0/s1. The first-order valence-corrected chi connectivity index (χ1v) is 9.44. The van der Waals surface area contributed by atoms with Gasteiger partial charge in [0.1, 0.15) is 0 Å². The van der Waals surface area contributed by atoms with E-state index in [1.165, 1.54) is 25.7 Å². The number of ether oxygens (including phenoxy) is 2. The van der Waals surface area contributed by atoms with Crippen LogP contribution in [0.2, 0.25) is 0 Å². The van der Waals surface area contributed by atoms with E-state index in [9.17, 15) is 4.79 Å². The van der Waals surface area contributed by atoms with Crippen LogP contribution in [0.25, 0.3) is 0 Å². The number of nitrogens with zero attached hydrogens (tertiary/aromatic N) is 2. The molecule has 0 radical (unpaired) electrons. The van der Waals surface area contributed by atoms with Crippen molar-refractivity contribution >= 4 is 17.8 Å². The number of unbranched alkanes of at least 4 members (excludes halogenated alkanes) is 4. The third-order valence-corrected chi connectivity index (χ3v) is 4.96. The summed E-state index contributed by atoms with van der Waals surface area (Å²) < 4.78 is 11.4. The van der Waals surface area contributed by atoms with E-state index >= 15 is 0 Å². The zero-order valence-electron chi connectivity index (χ0n) is 15.3. The Morgan fingerprint density at radius 3 is 2.84 bits per heavy atom. The summed E-state index contributed by atoms with van der Waals surface area (Å²) in [5, 5.41) is 0. The molecule has 0 aromatic heterocycles. The molecule has 1 amide bonds. The zero-order chi connectivity index (χ0) is 17.6. The first-order valence-electron chi connectivity index (χ1n) is 9.44. The van der Waals surface area contributed by atoms with Crippen LogP contribution in [-0.2, 0) is 0 Å². The van der Waals surface area contributed by atoms with Crippen LogP contribution in [0.15, 0.2) is 17.1 Å². The third kappa shape index (κ3) is 3.97. The molecule has 0 saturated carbocycles. The second kappa shape index (κ2) is 8.37. The first-order chi connectivity index (χ1) is 12.2. The fraction of sp³-hybridized carbons (Fsp3) is 0.600. The van der Waals surface area contributed by atoms with Crippen LogP contribution in [0.4, 0.5) is 5.69 Å². The van der Waals surface area contributed by atoms with Crippen molar-refractivity contribution in [2.24, 2.45) is 4.99 Å². The topological polar surface area (TPSA) is 51.1 Å². The van der Waals surface area contributed by atoms with Crippen molar-refractivity contribution < 1.29 is 14.3 Å². The summed E-state index contributed by atoms with van der Waals surface area (Å²) in [7, 11) is 1.61. The number of carbonyl (C=O) groups excluding carboxylic acids is 1. The van der Waals surface area contributed by atoms with Crippen molar-refractivity contribution in [3.05, 3.63) is 17.7 Å². The molecule has 2 aliphatic heterocycles. The highest BCUT2D eigenvalue weighted by Gasteiger charge is 2.32. The molecule has 5 heteroatoms. The lowest BCUT2D eigenvalue weighted by Gasteiger charge is -2.20. The summed E-state index contributed by atoms with van der Waals surface area (Å²) in [6.07, 6.45) is 9.89. The van der Waals surface area contributed by atoms with E-state index in [4.69, 9.17) is 9.47 Å². The lowest BCUT2D eigenvalue weighted by Crippen LogP contribution is -2.35. The quantitative estimate of drug-likeness (QED) is 0.658. The predicted octanol–water partition coefficient (Wildman–Crippen LogP) is 4.36. The van der Waals surface area contributed by atoms with Gasteiger partial charge in [0.2, 0.25) is 0 Å². The maximum Gasteiger partial charge on any atom is 0.256 e. The van der Waals surface area contributed by atoms with Gasteiger partial charge >= 0.3 is 0 Å². The van der Waals surface area contributed by atoms with Crippen molar-refractivity contribution in [2.45, 2.75) is 57.9 Å². The second-order valence-corrected chi connectivity index (χ2v) is 6.77. The van der Waals surface area contributed by atoms with E-state index in [0.717, 1.165) is 25.8 Å². The van der Waals surface area contributed by atoms with Crippen LogP contribution >= 0.6 is 0 Å². The summed E-state index contributed by atoms with van der Waals surface area (Å²) in [4.78, 5) is 19.3. The van der Waals surface area contributed by atoms with Gasteiger partial charge in [-0.05, 0) is 25.3 Å². The Balaban J connectivity index is 1.73. The molecule has 0 N–H and O–H groups in total. The lowest BCUT2D eigenvalue weighted by atomic mass is 10.1. The van der Waals surface area contributed by atoms with Gasteiger partial charge in [-0.3, -0.25) is 9.79 Å². The van der Waals surface area contributed by atoms with E-state index < -0.39 is 0 Å². The number of fused-ring (bicyclic) bond motifs is 2. The molecule has 1 atom stereocenters. The molecule has 3 rings (SSSR count). The van der Waals surface area contributed by atoms with Gasteiger partial charge in [0.15, 0.2) is 11.5 Å². The minimum atomic E-state index is 0.0411. The number of amides is 1. The van der Waals surface area contributed by atoms with Crippen molar-refractivity contribution in [1.29, 1.82) is 0 Å². The van der Waals surface area contributed by atoms with Crippen molar-refractivity contribution in [1.82, 2.24) is 4.90 Å². The SMILES string of the molecule is CCCCCCCOc1cc2c(cc1OC)C(=O)N1CCC[C@H]1C=N2. The highest BCUT2D eigenvalue weighted by atomic mass is 16.5. The van der Waals surface area contributed by atoms with Gasteiger partial charge < -0.3 is 14.4 Å².